The van der Waals surface area contributed by atoms with E-state index in [0.717, 1.165) is 60.5 Å². The number of benzene rings is 9. The van der Waals surface area contributed by atoms with Gasteiger partial charge in [-0.3, -0.25) is 0 Å². The Morgan fingerprint density at radius 1 is 0.406 bits per heavy atom. The Labute approximate surface area is 385 Å². The number of rotatable bonds is 8. The van der Waals surface area contributed by atoms with Gasteiger partial charge < -0.3 is 9.32 Å². The fraction of sp³-hybridized carbons (Fsp3) is 0.0370. The third-order valence-electron chi connectivity index (χ3n) is 12.4. The number of anilines is 3. The maximum Gasteiger partial charge on any atom is 0.136 e. The third-order valence-corrected chi connectivity index (χ3v) is 16.4. The molecule has 2 nitrogen and oxygen atoms in total. The second-order valence-corrected chi connectivity index (χ2v) is 19.2. The van der Waals surface area contributed by atoms with E-state index in [1.165, 1.54) is 14.7 Å². The molecule has 0 N–H and O–H groups in total. The summed E-state index contributed by atoms with van der Waals surface area (Å²) in [5, 5.41) is 2.91. The summed E-state index contributed by atoms with van der Waals surface area (Å²) in [6, 6.07) is 59.7. The highest BCUT2D eigenvalue weighted by atomic mass is 32.3. The Hall–Kier alpha value is -6.36. The molecule has 0 aliphatic rings. The third kappa shape index (κ3) is 6.52. The summed E-state index contributed by atoms with van der Waals surface area (Å²) in [5.74, 6) is 0. The standard InChI is InChI=1S/C54H34B7NOS/c1-31-29-42(32(2)28-41(31)33-22-27-40-39-20-12-13-21-43(39)63-44(40)30-33)62(54-50(58)46-45(49(57)53(54)61)47(55)51(59)52(60)48(46)56)34-23-25-38(26-24-34)64(35-14-6-3-7-15-35,36-16-8-4-9-17-36)37-18-10-5-11-19-37/h3-30H,1-2H3. The molecule has 0 saturated carbocycles. The summed E-state index contributed by atoms with van der Waals surface area (Å²) < 4.78 is 6.30. The molecule has 0 aliphatic carbocycles. The monoisotopic (exact) mass is 821 g/mol. The number of furan rings is 1. The van der Waals surface area contributed by atoms with Gasteiger partial charge in [0.05, 0.1) is 0 Å². The van der Waals surface area contributed by atoms with Crippen LogP contribution in [0.25, 0.3) is 43.8 Å². The zero-order valence-corrected chi connectivity index (χ0v) is 36.3. The van der Waals surface area contributed by atoms with E-state index in [9.17, 15) is 0 Å². The molecule has 288 valence electrons. The highest BCUT2D eigenvalue weighted by Crippen LogP contribution is 2.73. The van der Waals surface area contributed by atoms with E-state index in [4.69, 9.17) is 59.3 Å². The van der Waals surface area contributed by atoms with Gasteiger partial charge in [-0.15, -0.1) is 21.0 Å². The molecule has 0 saturated heterocycles. The lowest BCUT2D eigenvalue weighted by Crippen LogP contribution is -2.52. The molecule has 10 rings (SSSR count). The molecular weight excluding hydrogens is 786 g/mol. The molecule has 10 aromatic rings. The molecule has 9 aromatic carbocycles. The van der Waals surface area contributed by atoms with Crippen molar-refractivity contribution in [3.8, 4) is 11.1 Å². The van der Waals surface area contributed by atoms with Crippen LogP contribution in [0.2, 0.25) is 0 Å². The smallest absolute Gasteiger partial charge is 0.136 e. The van der Waals surface area contributed by atoms with E-state index in [-0.39, 0.29) is 38.2 Å². The lowest BCUT2D eigenvalue weighted by molar-refractivity contribution is 0.669. The summed E-state index contributed by atoms with van der Waals surface area (Å²) >= 11 is 0. The van der Waals surface area contributed by atoms with E-state index in [1.54, 1.807) is 0 Å². The molecule has 0 atom stereocenters. The molecule has 0 fully saturated rings. The second-order valence-electron chi connectivity index (χ2n) is 16.1. The van der Waals surface area contributed by atoms with Crippen LogP contribution in [0.5, 0.6) is 0 Å². The normalized spacial score (nSPS) is 12.0. The van der Waals surface area contributed by atoms with Crippen molar-refractivity contribution in [2.24, 2.45) is 0 Å². The highest BCUT2D eigenvalue weighted by Gasteiger charge is 2.34. The number of hydrogen-bond donors (Lipinski definition) is 0. The number of para-hydroxylation sites is 1. The summed E-state index contributed by atoms with van der Waals surface area (Å²) in [7, 11) is 45.5. The van der Waals surface area contributed by atoms with E-state index < -0.39 is 10.0 Å². The second kappa shape index (κ2) is 16.3. The molecule has 0 bridgehead atoms. The van der Waals surface area contributed by atoms with Gasteiger partial charge in [0.2, 0.25) is 0 Å². The molecule has 0 spiro atoms. The minimum atomic E-state index is -1.98. The predicted octanol–water partition coefficient (Wildman–Crippen LogP) is 7.39. The van der Waals surface area contributed by atoms with Crippen LogP contribution in [-0.4, -0.2) is 54.9 Å². The number of nitrogens with zero attached hydrogens (tertiary/aromatic N) is 1. The first-order chi connectivity index (χ1) is 31.0. The van der Waals surface area contributed by atoms with E-state index in [0.29, 0.717) is 16.5 Å². The Bertz CT molecular complexity index is 3340. The molecule has 64 heavy (non-hydrogen) atoms. The largest absolute Gasteiger partial charge is 0.456 e. The summed E-state index contributed by atoms with van der Waals surface area (Å²) in [6.45, 7) is 4.18. The van der Waals surface area contributed by atoms with E-state index >= 15 is 0 Å². The summed E-state index contributed by atoms with van der Waals surface area (Å²) in [4.78, 5) is 6.83. The van der Waals surface area contributed by atoms with Crippen LogP contribution in [0, 0.1) is 13.8 Å². The first kappa shape index (κ1) is 41.6. The minimum Gasteiger partial charge on any atom is -0.456 e. The van der Waals surface area contributed by atoms with Crippen molar-refractivity contribution in [2.75, 3.05) is 4.90 Å². The molecule has 1 aromatic heterocycles. The Morgan fingerprint density at radius 3 is 1.47 bits per heavy atom. The van der Waals surface area contributed by atoms with Gasteiger partial charge in [0.1, 0.15) is 66.1 Å². The first-order valence-electron chi connectivity index (χ1n) is 20.9. The zero-order chi connectivity index (χ0) is 44.4. The Morgan fingerprint density at radius 2 is 0.891 bits per heavy atom. The molecule has 1 heterocycles. The number of hydrogen-bond acceptors (Lipinski definition) is 2. The SMILES string of the molecule is [B]c1c([B])c([B])c2c([B])c(N(c3ccc(S(c4ccccc4)(c4ccccc4)c4ccccc4)cc3)c3cc(C)c(-c4ccc5c(c4)oc4ccccc45)cc3C)c([B])c([B])c2c1[B]. The van der Waals surface area contributed by atoms with Crippen molar-refractivity contribution in [2.45, 2.75) is 33.4 Å². The quantitative estimate of drug-likeness (QED) is 0.149. The number of fused-ring (bicyclic) bond motifs is 4. The topological polar surface area (TPSA) is 16.4 Å². The minimum absolute atomic E-state index is 0.125. The maximum absolute atomic E-state index is 7.26. The summed E-state index contributed by atoms with van der Waals surface area (Å²) in [5.41, 5.74) is 9.07. The average Bonchev–Trinajstić information content (AvgIpc) is 3.70. The first-order valence-corrected chi connectivity index (χ1v) is 22.6. The van der Waals surface area contributed by atoms with Crippen LogP contribution < -0.4 is 43.1 Å². The molecule has 0 amide bonds. The fourth-order valence-electron chi connectivity index (χ4n) is 9.28. The van der Waals surface area contributed by atoms with Gasteiger partial charge in [-0.05, 0) is 138 Å². The number of aryl methyl sites for hydroxylation is 2. The maximum atomic E-state index is 7.26. The Balaban J connectivity index is 1.21. The van der Waals surface area contributed by atoms with Crippen LogP contribution in [0.15, 0.2) is 194 Å². The van der Waals surface area contributed by atoms with Crippen molar-refractivity contribution < 1.29 is 4.42 Å². The van der Waals surface area contributed by atoms with Gasteiger partial charge in [-0.1, -0.05) is 106 Å². The molecule has 0 unspecified atom stereocenters. The van der Waals surface area contributed by atoms with Crippen molar-refractivity contribution >= 4 is 153 Å². The predicted molar refractivity (Wildman–Crippen MR) is 279 cm³/mol. The van der Waals surface area contributed by atoms with Crippen LogP contribution in [0.3, 0.4) is 0 Å². The zero-order valence-electron chi connectivity index (χ0n) is 35.5. The van der Waals surface area contributed by atoms with Crippen molar-refractivity contribution in [1.29, 1.82) is 0 Å². The molecular formula is C54H34B7NOS. The highest BCUT2D eigenvalue weighted by molar-refractivity contribution is 8.34. The van der Waals surface area contributed by atoms with Gasteiger partial charge in [0.25, 0.3) is 0 Å². The lowest BCUT2D eigenvalue weighted by Gasteiger charge is -2.42. The van der Waals surface area contributed by atoms with Gasteiger partial charge in [-0.25, -0.2) is 0 Å². The van der Waals surface area contributed by atoms with Gasteiger partial charge in [0.15, 0.2) is 0 Å². The van der Waals surface area contributed by atoms with Crippen LogP contribution in [0.1, 0.15) is 11.1 Å². The Kier molecular flexibility index (Phi) is 10.6. The molecule has 10 heteroatoms. The summed E-state index contributed by atoms with van der Waals surface area (Å²) in [6.07, 6.45) is 0. The van der Waals surface area contributed by atoms with Crippen molar-refractivity contribution in [1.82, 2.24) is 0 Å². The lowest BCUT2D eigenvalue weighted by atomic mass is 9.59. The van der Waals surface area contributed by atoms with Gasteiger partial charge >= 0.3 is 0 Å². The fourth-order valence-corrected chi connectivity index (χ4v) is 13.2. The van der Waals surface area contributed by atoms with Crippen LogP contribution in [-0.2, 0) is 0 Å². The van der Waals surface area contributed by atoms with Crippen LogP contribution >= 0.6 is 10.0 Å². The van der Waals surface area contributed by atoms with Crippen LogP contribution in [0.4, 0.5) is 17.1 Å². The van der Waals surface area contributed by atoms with Gasteiger partial charge in [-0.2, -0.15) is 0 Å². The van der Waals surface area contributed by atoms with E-state index in [2.05, 4.69) is 170 Å². The van der Waals surface area contributed by atoms with E-state index in [1.807, 2.05) is 18.2 Å². The average molecular weight is 821 g/mol. The van der Waals surface area contributed by atoms with Gasteiger partial charge in [0, 0.05) is 47.4 Å². The van der Waals surface area contributed by atoms with Crippen molar-refractivity contribution in [3.05, 3.63) is 181 Å². The molecule has 0 aliphatic heterocycles. The van der Waals surface area contributed by atoms with Crippen molar-refractivity contribution in [3.63, 3.8) is 0 Å². The molecule has 14 radical (unpaired) electrons.